The first-order valence-electron chi connectivity index (χ1n) is 12.0. The van der Waals surface area contributed by atoms with Gasteiger partial charge in [-0.15, -0.1) is 0 Å². The van der Waals surface area contributed by atoms with E-state index in [4.69, 9.17) is 0 Å². The van der Waals surface area contributed by atoms with Crippen molar-refractivity contribution in [3.05, 3.63) is 59.7 Å². The summed E-state index contributed by atoms with van der Waals surface area (Å²) in [6.45, 7) is 3.95. The van der Waals surface area contributed by atoms with E-state index in [1.165, 1.54) is 4.90 Å². The lowest BCUT2D eigenvalue weighted by Crippen LogP contribution is -2.56. The van der Waals surface area contributed by atoms with Crippen molar-refractivity contribution in [3.8, 4) is 11.1 Å². The van der Waals surface area contributed by atoms with Crippen LogP contribution in [0.5, 0.6) is 0 Å². The highest BCUT2D eigenvalue weighted by Crippen LogP contribution is 2.41. The summed E-state index contributed by atoms with van der Waals surface area (Å²) < 4.78 is 0. The Bertz CT molecular complexity index is 1070. The molecule has 6 nitrogen and oxygen atoms in total. The van der Waals surface area contributed by atoms with E-state index in [2.05, 4.69) is 24.0 Å². The van der Waals surface area contributed by atoms with Gasteiger partial charge in [-0.2, -0.15) is 12.6 Å². The van der Waals surface area contributed by atoms with Gasteiger partial charge in [0.05, 0.1) is 11.3 Å². The molecule has 0 aliphatic carbocycles. The zero-order chi connectivity index (χ0) is 24.4. The van der Waals surface area contributed by atoms with Crippen LogP contribution in [0.2, 0.25) is 0 Å². The molecule has 5 atom stereocenters. The number of hydrogen-bond donors (Lipinski definition) is 3. The van der Waals surface area contributed by atoms with E-state index in [1.54, 1.807) is 0 Å². The molecule has 1 fully saturated rings. The molecule has 2 heterocycles. The Labute approximate surface area is 206 Å². The number of rotatable bonds is 6. The quantitative estimate of drug-likeness (QED) is 0.540. The highest BCUT2D eigenvalue weighted by molar-refractivity contribution is 7.81. The van der Waals surface area contributed by atoms with Crippen LogP contribution in [0.25, 0.3) is 11.1 Å². The number of carboxylic acids is 1. The van der Waals surface area contributed by atoms with Gasteiger partial charge in [0.1, 0.15) is 12.1 Å². The Morgan fingerprint density at radius 3 is 2.56 bits per heavy atom. The zero-order valence-corrected chi connectivity index (χ0v) is 20.5. The molecule has 180 valence electrons. The molecule has 0 radical (unpaired) electrons. The Morgan fingerprint density at radius 2 is 1.88 bits per heavy atom. The maximum absolute atomic E-state index is 13.7. The number of piperidine rings is 1. The molecule has 2 aromatic carbocycles. The lowest BCUT2D eigenvalue weighted by Gasteiger charge is -2.40. The van der Waals surface area contributed by atoms with Gasteiger partial charge in [-0.3, -0.25) is 9.59 Å². The molecule has 0 saturated carbocycles. The normalized spacial score (nSPS) is 23.8. The fourth-order valence-electron chi connectivity index (χ4n) is 5.09. The van der Waals surface area contributed by atoms with Crippen LogP contribution in [0.4, 0.5) is 0 Å². The number of nitrogens with zero attached hydrogens (tertiary/aromatic N) is 1. The number of amides is 2. The first kappa shape index (κ1) is 24.3. The topological polar surface area (TPSA) is 86.7 Å². The summed E-state index contributed by atoms with van der Waals surface area (Å²) >= 11 is 4.48. The van der Waals surface area contributed by atoms with Crippen molar-refractivity contribution >= 4 is 30.4 Å². The largest absolute Gasteiger partial charge is 0.480 e. The average Bonchev–Trinajstić information content (AvgIpc) is 2.97. The van der Waals surface area contributed by atoms with Crippen molar-refractivity contribution in [2.75, 3.05) is 0 Å². The molecule has 34 heavy (non-hydrogen) atoms. The van der Waals surface area contributed by atoms with E-state index in [-0.39, 0.29) is 23.8 Å². The van der Waals surface area contributed by atoms with Crippen molar-refractivity contribution in [2.24, 2.45) is 5.92 Å². The van der Waals surface area contributed by atoms with E-state index in [0.29, 0.717) is 19.3 Å². The Morgan fingerprint density at radius 1 is 1.15 bits per heavy atom. The minimum absolute atomic E-state index is 0.0550. The number of thiol groups is 1. The SMILES string of the molecule is CC[C@@H](C)[C@@H](S)C(=O)NC1Cc2ccc(-c3ccccc3)cc2C2CCC[C@@H](C(=O)O)N2C1=O. The molecule has 2 aromatic rings. The molecular weight excluding hydrogens is 448 g/mol. The van der Waals surface area contributed by atoms with Crippen molar-refractivity contribution in [1.82, 2.24) is 10.2 Å². The molecule has 0 spiro atoms. The molecule has 7 heteroatoms. The van der Waals surface area contributed by atoms with Gasteiger partial charge in [-0.05, 0) is 53.5 Å². The van der Waals surface area contributed by atoms with Gasteiger partial charge in [0.2, 0.25) is 11.8 Å². The number of carboxylic acid groups (broad SMARTS) is 1. The highest BCUT2D eigenvalue weighted by Gasteiger charge is 2.45. The Hall–Kier alpha value is -2.80. The number of fused-ring (bicyclic) bond motifs is 3. The molecule has 0 aromatic heterocycles. The maximum Gasteiger partial charge on any atom is 0.326 e. The molecule has 2 aliphatic rings. The summed E-state index contributed by atoms with van der Waals surface area (Å²) in [7, 11) is 0. The minimum atomic E-state index is -1.00. The number of aliphatic carboxylic acids is 1. The summed E-state index contributed by atoms with van der Waals surface area (Å²) in [5.41, 5.74) is 4.03. The molecule has 2 unspecified atom stereocenters. The van der Waals surface area contributed by atoms with Crippen molar-refractivity contribution < 1.29 is 19.5 Å². The van der Waals surface area contributed by atoms with Crippen LogP contribution in [-0.2, 0) is 20.8 Å². The van der Waals surface area contributed by atoms with Crippen LogP contribution in [0.1, 0.15) is 56.7 Å². The van der Waals surface area contributed by atoms with E-state index >= 15 is 0 Å². The molecule has 2 N–H and O–H groups in total. The summed E-state index contributed by atoms with van der Waals surface area (Å²) in [4.78, 5) is 40.3. The maximum atomic E-state index is 13.7. The summed E-state index contributed by atoms with van der Waals surface area (Å²) in [6, 6.07) is 14.1. The van der Waals surface area contributed by atoms with Crippen molar-refractivity contribution in [3.63, 3.8) is 0 Å². The zero-order valence-electron chi connectivity index (χ0n) is 19.6. The number of carbonyl (C=O) groups is 3. The van der Waals surface area contributed by atoms with Gasteiger partial charge in [0, 0.05) is 6.42 Å². The van der Waals surface area contributed by atoms with Gasteiger partial charge in [-0.25, -0.2) is 4.79 Å². The average molecular weight is 481 g/mol. The number of nitrogens with one attached hydrogen (secondary N) is 1. The van der Waals surface area contributed by atoms with E-state index in [1.807, 2.05) is 56.3 Å². The number of hydrogen-bond acceptors (Lipinski definition) is 4. The summed E-state index contributed by atoms with van der Waals surface area (Å²) in [5.74, 6) is -1.56. The predicted molar refractivity (Wildman–Crippen MR) is 135 cm³/mol. The predicted octanol–water partition coefficient (Wildman–Crippen LogP) is 4.25. The van der Waals surface area contributed by atoms with Crippen LogP contribution in [0.3, 0.4) is 0 Å². The van der Waals surface area contributed by atoms with E-state index in [9.17, 15) is 19.5 Å². The van der Waals surface area contributed by atoms with Crippen LogP contribution in [0.15, 0.2) is 48.5 Å². The monoisotopic (exact) mass is 480 g/mol. The van der Waals surface area contributed by atoms with Gasteiger partial charge < -0.3 is 15.3 Å². The second kappa shape index (κ2) is 10.2. The number of carbonyl (C=O) groups excluding carboxylic acids is 2. The third kappa shape index (κ3) is 4.71. The smallest absolute Gasteiger partial charge is 0.326 e. The van der Waals surface area contributed by atoms with Crippen LogP contribution >= 0.6 is 12.6 Å². The molecule has 2 aliphatic heterocycles. The van der Waals surface area contributed by atoms with E-state index < -0.39 is 23.3 Å². The molecule has 2 amide bonds. The van der Waals surface area contributed by atoms with Crippen LogP contribution < -0.4 is 5.32 Å². The third-order valence-corrected chi connectivity index (χ3v) is 8.01. The summed E-state index contributed by atoms with van der Waals surface area (Å²) in [5, 5.41) is 12.3. The highest BCUT2D eigenvalue weighted by atomic mass is 32.1. The second-order valence-electron chi connectivity index (χ2n) is 9.42. The first-order chi connectivity index (χ1) is 16.3. The summed E-state index contributed by atoms with van der Waals surface area (Å²) in [6.07, 6.45) is 2.96. The van der Waals surface area contributed by atoms with Crippen LogP contribution in [-0.4, -0.2) is 45.1 Å². The minimum Gasteiger partial charge on any atom is -0.480 e. The van der Waals surface area contributed by atoms with Crippen LogP contribution in [0, 0.1) is 5.92 Å². The van der Waals surface area contributed by atoms with Crippen molar-refractivity contribution in [1.29, 1.82) is 0 Å². The third-order valence-electron chi connectivity index (χ3n) is 7.27. The van der Waals surface area contributed by atoms with E-state index in [0.717, 1.165) is 35.1 Å². The standard InChI is InChI=1S/C27H32N2O4S/c1-3-16(2)24(34)25(30)28-21-15-19-13-12-18(17-8-5-4-6-9-17)14-20(19)22-10-7-11-23(27(32)33)29(22)26(21)31/h4-6,8-9,12-14,16,21-24,34H,3,7,10-11,15H2,1-2H3,(H,28,30)(H,32,33)/t16-,21?,22?,23+,24-/m1/s1. The van der Waals surface area contributed by atoms with Gasteiger partial charge in [-0.1, -0.05) is 62.7 Å². The molecular formula is C27H32N2O4S. The van der Waals surface area contributed by atoms with Crippen molar-refractivity contribution in [2.45, 2.75) is 69.3 Å². The fourth-order valence-corrected chi connectivity index (χ4v) is 5.38. The lowest BCUT2D eigenvalue weighted by molar-refractivity contribution is -0.156. The lowest BCUT2D eigenvalue weighted by atomic mass is 9.87. The fraction of sp³-hybridized carbons (Fsp3) is 0.444. The Balaban J connectivity index is 1.75. The van der Waals surface area contributed by atoms with Gasteiger partial charge >= 0.3 is 5.97 Å². The van der Waals surface area contributed by atoms with Gasteiger partial charge in [0.25, 0.3) is 0 Å². The number of benzene rings is 2. The first-order valence-corrected chi connectivity index (χ1v) is 12.5. The van der Waals surface area contributed by atoms with Gasteiger partial charge in [0.15, 0.2) is 0 Å². The Kier molecular flexibility index (Phi) is 7.31. The second-order valence-corrected chi connectivity index (χ2v) is 9.98. The molecule has 1 saturated heterocycles. The molecule has 4 rings (SSSR count). The molecule has 0 bridgehead atoms.